The molecular weight excluding hydrogens is 465 g/mol. The molecule has 1 fully saturated rings. The van der Waals surface area contributed by atoms with Crippen LogP contribution < -0.4 is 9.64 Å². The molecule has 1 saturated heterocycles. The van der Waals surface area contributed by atoms with E-state index < -0.39 is 35.3 Å². The quantitative estimate of drug-likeness (QED) is 0.238. The fourth-order valence-electron chi connectivity index (χ4n) is 4.16. The van der Waals surface area contributed by atoms with Crippen molar-refractivity contribution in [1.29, 1.82) is 0 Å². The number of hydrogen-bond acceptors (Lipinski definition) is 6. The lowest BCUT2D eigenvalue weighted by Gasteiger charge is -2.25. The van der Waals surface area contributed by atoms with E-state index in [4.69, 9.17) is 9.47 Å². The van der Waals surface area contributed by atoms with E-state index in [2.05, 4.69) is 0 Å². The summed E-state index contributed by atoms with van der Waals surface area (Å²) in [7, 11) is 2.82. The molecule has 0 bridgehead atoms. The number of anilines is 1. The summed E-state index contributed by atoms with van der Waals surface area (Å²) in [6.07, 6.45) is 0.0570. The van der Waals surface area contributed by atoms with Crippen LogP contribution in [0.5, 0.6) is 5.75 Å². The van der Waals surface area contributed by atoms with Crippen molar-refractivity contribution in [1.82, 2.24) is 0 Å². The lowest BCUT2D eigenvalue weighted by molar-refractivity contribution is -0.139. The number of rotatable bonds is 6. The summed E-state index contributed by atoms with van der Waals surface area (Å²) >= 11 is 0. The van der Waals surface area contributed by atoms with Gasteiger partial charge in [-0.25, -0.2) is 4.39 Å². The van der Waals surface area contributed by atoms with Gasteiger partial charge in [-0.3, -0.25) is 19.3 Å². The number of Topliss-reactive ketones (excluding diaryl/α,β-unsaturated/α-hetero) is 1. The number of halogens is 1. The molecule has 3 aromatic rings. The normalized spacial score (nSPS) is 16.8. The number of hydrogen-bond donors (Lipinski definition) is 1. The van der Waals surface area contributed by atoms with Crippen molar-refractivity contribution >= 4 is 29.1 Å². The first-order valence-electron chi connectivity index (χ1n) is 11.1. The summed E-state index contributed by atoms with van der Waals surface area (Å²) in [6.45, 7) is 1.54. The largest absolute Gasteiger partial charge is 0.507 e. The maximum absolute atomic E-state index is 13.8. The van der Waals surface area contributed by atoms with Crippen LogP contribution in [0.15, 0.2) is 72.3 Å². The number of ketones is 1. The second kappa shape index (κ2) is 10.0. The van der Waals surface area contributed by atoms with Gasteiger partial charge >= 0.3 is 5.97 Å². The van der Waals surface area contributed by atoms with Gasteiger partial charge in [0.05, 0.1) is 32.3 Å². The minimum absolute atomic E-state index is 0.0570. The molecule has 3 aromatic carbocycles. The third-order valence-corrected chi connectivity index (χ3v) is 6.10. The third-order valence-electron chi connectivity index (χ3n) is 6.10. The van der Waals surface area contributed by atoms with E-state index in [1.807, 2.05) is 0 Å². The average molecular weight is 489 g/mol. The molecule has 0 spiro atoms. The number of carbonyl (C=O) groups is 3. The minimum Gasteiger partial charge on any atom is -0.507 e. The van der Waals surface area contributed by atoms with Crippen molar-refractivity contribution in [2.24, 2.45) is 0 Å². The van der Waals surface area contributed by atoms with Gasteiger partial charge in [-0.05, 0) is 66.1 Å². The highest BCUT2D eigenvalue weighted by atomic mass is 19.1. The monoisotopic (exact) mass is 489 g/mol. The van der Waals surface area contributed by atoms with Gasteiger partial charge in [-0.2, -0.15) is 0 Å². The predicted octanol–water partition coefficient (Wildman–Crippen LogP) is 4.48. The highest BCUT2D eigenvalue weighted by Crippen LogP contribution is 2.42. The average Bonchev–Trinajstić information content (AvgIpc) is 3.15. The van der Waals surface area contributed by atoms with Crippen molar-refractivity contribution in [3.8, 4) is 5.75 Å². The summed E-state index contributed by atoms with van der Waals surface area (Å²) in [5, 5.41) is 11.2. The Labute approximate surface area is 207 Å². The highest BCUT2D eigenvalue weighted by Gasteiger charge is 2.47. The molecule has 8 heteroatoms. The lowest BCUT2D eigenvalue weighted by Crippen LogP contribution is -2.29. The molecule has 1 amide bonds. The van der Waals surface area contributed by atoms with Crippen LogP contribution in [0.1, 0.15) is 28.3 Å². The molecule has 0 saturated carbocycles. The van der Waals surface area contributed by atoms with Crippen LogP contribution in [0.25, 0.3) is 5.76 Å². The van der Waals surface area contributed by atoms with Gasteiger partial charge in [-0.1, -0.05) is 24.3 Å². The number of carbonyl (C=O) groups excluding carboxylic acids is 3. The molecule has 1 aliphatic rings. The summed E-state index contributed by atoms with van der Waals surface area (Å²) in [5.74, 6) is -2.37. The van der Waals surface area contributed by atoms with Gasteiger partial charge in [0.1, 0.15) is 17.3 Å². The Hall–Kier alpha value is -4.46. The fraction of sp³-hybridized carbons (Fsp3) is 0.179. The van der Waals surface area contributed by atoms with Gasteiger partial charge in [0.15, 0.2) is 0 Å². The van der Waals surface area contributed by atoms with Gasteiger partial charge in [0.2, 0.25) is 0 Å². The minimum atomic E-state index is -0.951. The van der Waals surface area contributed by atoms with E-state index in [-0.39, 0.29) is 23.1 Å². The second-order valence-electron chi connectivity index (χ2n) is 8.33. The molecule has 184 valence electrons. The van der Waals surface area contributed by atoms with Crippen LogP contribution in [0.2, 0.25) is 0 Å². The topological polar surface area (TPSA) is 93.1 Å². The van der Waals surface area contributed by atoms with E-state index in [1.54, 1.807) is 55.5 Å². The van der Waals surface area contributed by atoms with Crippen molar-refractivity contribution in [2.75, 3.05) is 19.1 Å². The first kappa shape index (κ1) is 24.7. The second-order valence-corrected chi connectivity index (χ2v) is 8.33. The van der Waals surface area contributed by atoms with Crippen molar-refractivity contribution in [3.63, 3.8) is 0 Å². The molecule has 36 heavy (non-hydrogen) atoms. The number of benzene rings is 3. The molecule has 1 unspecified atom stereocenters. The lowest BCUT2D eigenvalue weighted by atomic mass is 9.94. The number of methoxy groups -OCH3 is 2. The first-order valence-corrected chi connectivity index (χ1v) is 11.1. The maximum atomic E-state index is 13.8. The SMILES string of the molecule is COC(=O)Cc1ccc(N2C(=O)C(=O)/C(=C(\O)c3ccc(F)c(C)c3)C2c2ccc(OC)cc2)cc1. The Kier molecular flexibility index (Phi) is 6.87. The number of esters is 1. The van der Waals surface area contributed by atoms with E-state index in [0.717, 1.165) is 0 Å². The molecule has 4 rings (SSSR count). The Bertz CT molecular complexity index is 1360. The zero-order valence-corrected chi connectivity index (χ0v) is 19.9. The van der Waals surface area contributed by atoms with Crippen molar-refractivity contribution in [3.05, 3.63) is 100 Å². The van der Waals surface area contributed by atoms with Gasteiger partial charge < -0.3 is 14.6 Å². The van der Waals surface area contributed by atoms with E-state index in [1.165, 1.54) is 37.3 Å². The van der Waals surface area contributed by atoms with Crippen LogP contribution >= 0.6 is 0 Å². The van der Waals surface area contributed by atoms with Crippen LogP contribution in [0, 0.1) is 12.7 Å². The molecule has 1 N–H and O–H groups in total. The number of aliphatic hydroxyl groups is 1. The summed E-state index contributed by atoms with van der Waals surface area (Å²) < 4.78 is 23.8. The van der Waals surface area contributed by atoms with Crippen LogP contribution in [-0.4, -0.2) is 37.0 Å². The number of ether oxygens (including phenoxy) is 2. The Morgan fingerprint density at radius 1 is 1.00 bits per heavy atom. The fourth-order valence-corrected chi connectivity index (χ4v) is 4.16. The third kappa shape index (κ3) is 4.57. The van der Waals surface area contributed by atoms with Gasteiger partial charge in [0, 0.05) is 11.3 Å². The molecule has 1 atom stereocenters. The van der Waals surface area contributed by atoms with Crippen LogP contribution in [-0.2, 0) is 25.5 Å². The van der Waals surface area contributed by atoms with E-state index in [9.17, 15) is 23.9 Å². The Balaban J connectivity index is 1.85. The zero-order chi connectivity index (χ0) is 26.0. The number of amides is 1. The molecule has 7 nitrogen and oxygen atoms in total. The maximum Gasteiger partial charge on any atom is 0.309 e. The number of aliphatic hydroxyl groups excluding tert-OH is 1. The van der Waals surface area contributed by atoms with Gasteiger partial charge in [-0.15, -0.1) is 0 Å². The molecular formula is C28H24FNO6. The van der Waals surface area contributed by atoms with Gasteiger partial charge in [0.25, 0.3) is 11.7 Å². The summed E-state index contributed by atoms with van der Waals surface area (Å²) in [6, 6.07) is 16.4. The smallest absolute Gasteiger partial charge is 0.309 e. The Morgan fingerprint density at radius 2 is 1.67 bits per heavy atom. The Morgan fingerprint density at radius 3 is 2.25 bits per heavy atom. The summed E-state index contributed by atoms with van der Waals surface area (Å²) in [5.41, 5.74) is 2.03. The number of nitrogens with zero attached hydrogens (tertiary/aromatic N) is 1. The number of aryl methyl sites for hydroxylation is 1. The summed E-state index contributed by atoms with van der Waals surface area (Å²) in [4.78, 5) is 39.4. The van der Waals surface area contributed by atoms with Crippen LogP contribution in [0.3, 0.4) is 0 Å². The highest BCUT2D eigenvalue weighted by molar-refractivity contribution is 6.51. The molecule has 0 radical (unpaired) electrons. The molecule has 0 aromatic heterocycles. The van der Waals surface area contributed by atoms with E-state index in [0.29, 0.717) is 22.6 Å². The zero-order valence-electron chi connectivity index (χ0n) is 19.9. The van der Waals surface area contributed by atoms with E-state index >= 15 is 0 Å². The van der Waals surface area contributed by atoms with Crippen LogP contribution in [0.4, 0.5) is 10.1 Å². The molecule has 1 aliphatic heterocycles. The standard InChI is InChI=1S/C28H24FNO6/c1-16-14-19(8-13-22(16)29)26(32)24-25(18-6-11-21(35-2)12-7-18)30(28(34)27(24)33)20-9-4-17(5-10-20)15-23(31)36-3/h4-14,25,32H,15H2,1-3H3/b26-24-. The van der Waals surface area contributed by atoms with Crippen molar-refractivity contribution < 1.29 is 33.4 Å². The molecule has 1 heterocycles. The predicted molar refractivity (Wildman–Crippen MR) is 131 cm³/mol. The van der Waals surface area contributed by atoms with Crippen molar-refractivity contribution in [2.45, 2.75) is 19.4 Å². The molecule has 0 aliphatic carbocycles. The first-order chi connectivity index (χ1) is 17.2.